The molecule has 2 heterocycles. The lowest BCUT2D eigenvalue weighted by molar-refractivity contribution is -0.131. The second-order valence-corrected chi connectivity index (χ2v) is 7.67. The van der Waals surface area contributed by atoms with Gasteiger partial charge in [0.1, 0.15) is 5.75 Å². The topological polar surface area (TPSA) is 49.9 Å². The highest BCUT2D eigenvalue weighted by Crippen LogP contribution is 2.17. The lowest BCUT2D eigenvalue weighted by Crippen LogP contribution is -2.37. The molecular formula is C21H26N2O3S. The molecule has 0 aliphatic carbocycles. The van der Waals surface area contributed by atoms with Crippen molar-refractivity contribution in [1.29, 1.82) is 0 Å². The molecule has 0 spiro atoms. The van der Waals surface area contributed by atoms with Crippen LogP contribution < -0.4 is 4.74 Å². The van der Waals surface area contributed by atoms with E-state index in [1.165, 1.54) is 11.3 Å². The van der Waals surface area contributed by atoms with Gasteiger partial charge in [0.2, 0.25) is 5.91 Å². The number of para-hydroxylation sites is 1. The molecule has 0 radical (unpaired) electrons. The van der Waals surface area contributed by atoms with Gasteiger partial charge in [-0.25, -0.2) is 0 Å². The highest BCUT2D eigenvalue weighted by molar-refractivity contribution is 7.12. The second-order valence-electron chi connectivity index (χ2n) is 6.72. The van der Waals surface area contributed by atoms with Crippen LogP contribution in [0, 0.1) is 6.92 Å². The number of benzene rings is 1. The predicted molar refractivity (Wildman–Crippen MR) is 107 cm³/mol. The zero-order valence-electron chi connectivity index (χ0n) is 15.7. The Bertz CT molecular complexity index is 761. The lowest BCUT2D eigenvalue weighted by atomic mass is 10.2. The van der Waals surface area contributed by atoms with Crippen LogP contribution in [0.2, 0.25) is 0 Å². The molecule has 144 valence electrons. The number of nitrogens with zero attached hydrogens (tertiary/aromatic N) is 2. The van der Waals surface area contributed by atoms with Crippen LogP contribution in [0.4, 0.5) is 0 Å². The molecule has 0 N–H and O–H groups in total. The Labute approximate surface area is 164 Å². The number of ether oxygens (including phenoxy) is 1. The fourth-order valence-electron chi connectivity index (χ4n) is 3.21. The number of amides is 2. The summed E-state index contributed by atoms with van der Waals surface area (Å²) < 4.78 is 5.77. The van der Waals surface area contributed by atoms with Crippen LogP contribution in [0.25, 0.3) is 0 Å². The Hall–Kier alpha value is -2.34. The molecule has 1 saturated heterocycles. The third kappa shape index (κ3) is 5.32. The fourth-order valence-corrected chi connectivity index (χ4v) is 3.90. The molecule has 1 fully saturated rings. The molecule has 1 aromatic carbocycles. The highest BCUT2D eigenvalue weighted by atomic mass is 32.1. The molecular weight excluding hydrogens is 360 g/mol. The molecule has 3 rings (SSSR count). The Morgan fingerprint density at radius 2 is 1.81 bits per heavy atom. The first-order valence-corrected chi connectivity index (χ1v) is 10.3. The number of hydrogen-bond acceptors (Lipinski definition) is 4. The minimum absolute atomic E-state index is 0.0749. The summed E-state index contributed by atoms with van der Waals surface area (Å²) in [5.41, 5.74) is 1.10. The number of carbonyl (C=O) groups excluding carboxylic acids is 2. The Balaban J connectivity index is 1.41. The number of thiophene rings is 1. The molecule has 2 amide bonds. The van der Waals surface area contributed by atoms with Crippen molar-refractivity contribution in [3.8, 4) is 5.75 Å². The van der Waals surface area contributed by atoms with Crippen molar-refractivity contribution in [3.63, 3.8) is 0 Å². The van der Waals surface area contributed by atoms with E-state index in [1.807, 2.05) is 58.5 Å². The zero-order chi connectivity index (χ0) is 19.1. The Kier molecular flexibility index (Phi) is 6.87. The summed E-state index contributed by atoms with van der Waals surface area (Å²) in [6, 6.07) is 11.7. The van der Waals surface area contributed by atoms with Crippen molar-refractivity contribution in [2.75, 3.05) is 32.8 Å². The molecule has 1 aliphatic heterocycles. The van der Waals surface area contributed by atoms with Crippen LogP contribution in [-0.2, 0) is 4.79 Å². The highest BCUT2D eigenvalue weighted by Gasteiger charge is 2.23. The third-order valence-corrected chi connectivity index (χ3v) is 5.61. The monoisotopic (exact) mass is 386 g/mol. The first kappa shape index (κ1) is 19.4. The summed E-state index contributed by atoms with van der Waals surface area (Å²) in [5.74, 6) is 1.10. The molecule has 27 heavy (non-hydrogen) atoms. The maximum atomic E-state index is 12.5. The van der Waals surface area contributed by atoms with Gasteiger partial charge in [-0.05, 0) is 42.8 Å². The molecule has 5 nitrogen and oxygen atoms in total. The molecule has 1 aliphatic rings. The normalized spacial score (nSPS) is 14.7. The SMILES string of the molecule is Cc1ccccc1OCCCC(=O)N1CCCN(C(=O)c2cccs2)CC1. The van der Waals surface area contributed by atoms with Crippen LogP contribution in [-0.4, -0.2) is 54.4 Å². The number of aryl methyl sites for hydroxylation is 1. The van der Waals surface area contributed by atoms with Crippen molar-refractivity contribution in [2.45, 2.75) is 26.2 Å². The fraction of sp³-hybridized carbons (Fsp3) is 0.429. The van der Waals surface area contributed by atoms with Gasteiger partial charge >= 0.3 is 0 Å². The van der Waals surface area contributed by atoms with E-state index in [1.54, 1.807) is 0 Å². The average Bonchev–Trinajstić information content (AvgIpc) is 3.10. The Morgan fingerprint density at radius 3 is 2.59 bits per heavy atom. The van der Waals surface area contributed by atoms with E-state index in [4.69, 9.17) is 4.74 Å². The summed E-state index contributed by atoms with van der Waals surface area (Å²) in [4.78, 5) is 29.5. The number of rotatable bonds is 6. The van der Waals surface area contributed by atoms with Gasteiger partial charge in [0.05, 0.1) is 11.5 Å². The predicted octanol–water partition coefficient (Wildman–Crippen LogP) is 3.59. The average molecular weight is 387 g/mol. The van der Waals surface area contributed by atoms with Crippen molar-refractivity contribution in [3.05, 3.63) is 52.2 Å². The van der Waals surface area contributed by atoms with Crippen LogP contribution in [0.15, 0.2) is 41.8 Å². The van der Waals surface area contributed by atoms with Gasteiger partial charge in [0, 0.05) is 32.6 Å². The summed E-state index contributed by atoms with van der Waals surface area (Å²) in [6.07, 6.45) is 1.99. The number of carbonyl (C=O) groups is 2. The van der Waals surface area contributed by atoms with Gasteiger partial charge in [-0.2, -0.15) is 0 Å². The number of hydrogen-bond donors (Lipinski definition) is 0. The van der Waals surface area contributed by atoms with Gasteiger partial charge in [0.25, 0.3) is 5.91 Å². The summed E-state index contributed by atoms with van der Waals surface area (Å²) in [5, 5.41) is 1.92. The largest absolute Gasteiger partial charge is 0.493 e. The minimum Gasteiger partial charge on any atom is -0.493 e. The van der Waals surface area contributed by atoms with Crippen LogP contribution >= 0.6 is 11.3 Å². The molecule has 0 atom stereocenters. The van der Waals surface area contributed by atoms with Crippen LogP contribution in [0.1, 0.15) is 34.5 Å². The van der Waals surface area contributed by atoms with E-state index in [-0.39, 0.29) is 11.8 Å². The van der Waals surface area contributed by atoms with Gasteiger partial charge in [-0.1, -0.05) is 24.3 Å². The summed E-state index contributed by atoms with van der Waals surface area (Å²) in [7, 11) is 0. The third-order valence-electron chi connectivity index (χ3n) is 4.75. The van der Waals surface area contributed by atoms with E-state index in [0.717, 1.165) is 22.6 Å². The smallest absolute Gasteiger partial charge is 0.263 e. The first-order chi connectivity index (χ1) is 13.1. The standard InChI is InChI=1S/C21H26N2O3S/c1-17-7-2-3-8-18(17)26-15-4-10-20(24)22-11-6-12-23(14-13-22)21(25)19-9-5-16-27-19/h2-3,5,7-9,16H,4,6,10-15H2,1H3. The van der Waals surface area contributed by atoms with E-state index >= 15 is 0 Å². The molecule has 0 saturated carbocycles. The quantitative estimate of drug-likeness (QED) is 0.713. The maximum absolute atomic E-state index is 12.5. The minimum atomic E-state index is 0.0749. The first-order valence-electron chi connectivity index (χ1n) is 9.44. The summed E-state index contributed by atoms with van der Waals surface area (Å²) >= 11 is 1.47. The maximum Gasteiger partial charge on any atom is 0.263 e. The van der Waals surface area contributed by atoms with Gasteiger partial charge in [-0.3, -0.25) is 9.59 Å². The van der Waals surface area contributed by atoms with Crippen molar-refractivity contribution >= 4 is 23.2 Å². The van der Waals surface area contributed by atoms with E-state index < -0.39 is 0 Å². The van der Waals surface area contributed by atoms with Crippen molar-refractivity contribution in [1.82, 2.24) is 9.80 Å². The van der Waals surface area contributed by atoms with Gasteiger partial charge < -0.3 is 14.5 Å². The van der Waals surface area contributed by atoms with E-state index in [2.05, 4.69) is 0 Å². The Morgan fingerprint density at radius 1 is 1.04 bits per heavy atom. The molecule has 0 bridgehead atoms. The van der Waals surface area contributed by atoms with Gasteiger partial charge in [-0.15, -0.1) is 11.3 Å². The lowest BCUT2D eigenvalue weighted by Gasteiger charge is -2.22. The molecule has 0 unspecified atom stereocenters. The molecule has 6 heteroatoms. The molecule has 1 aromatic heterocycles. The summed E-state index contributed by atoms with van der Waals surface area (Å²) in [6.45, 7) is 5.17. The van der Waals surface area contributed by atoms with E-state index in [9.17, 15) is 9.59 Å². The second kappa shape index (κ2) is 9.55. The van der Waals surface area contributed by atoms with Gasteiger partial charge in [0.15, 0.2) is 0 Å². The zero-order valence-corrected chi connectivity index (χ0v) is 16.5. The van der Waals surface area contributed by atoms with Crippen molar-refractivity contribution < 1.29 is 14.3 Å². The molecule has 2 aromatic rings. The van der Waals surface area contributed by atoms with Crippen LogP contribution in [0.5, 0.6) is 5.75 Å². The van der Waals surface area contributed by atoms with Crippen molar-refractivity contribution in [2.24, 2.45) is 0 Å². The van der Waals surface area contributed by atoms with E-state index in [0.29, 0.717) is 45.6 Å². The van der Waals surface area contributed by atoms with Crippen LogP contribution in [0.3, 0.4) is 0 Å².